The van der Waals surface area contributed by atoms with Crippen molar-refractivity contribution in [3.05, 3.63) is 29.8 Å². The van der Waals surface area contributed by atoms with E-state index in [-0.39, 0.29) is 11.3 Å². The van der Waals surface area contributed by atoms with Crippen LogP contribution in [-0.2, 0) is 21.4 Å². The molecule has 1 rings (SSSR count). The summed E-state index contributed by atoms with van der Waals surface area (Å²) in [6.07, 6.45) is 0.125. The van der Waals surface area contributed by atoms with Crippen LogP contribution < -0.4 is 10.5 Å². The van der Waals surface area contributed by atoms with Gasteiger partial charge in [0.25, 0.3) is 10.0 Å². The zero-order chi connectivity index (χ0) is 12.2. The molecular weight excluding hydrogens is 228 g/mol. The van der Waals surface area contributed by atoms with Crippen LogP contribution in [-0.4, -0.2) is 14.3 Å². The largest absolute Gasteiger partial charge is 0.326 e. The maximum absolute atomic E-state index is 11.6. The van der Waals surface area contributed by atoms with Crippen molar-refractivity contribution in [2.24, 2.45) is 5.73 Å². The van der Waals surface area contributed by atoms with Crippen LogP contribution in [0.25, 0.3) is 0 Å². The molecule has 0 bridgehead atoms. The number of sulfonamides is 1. The highest BCUT2D eigenvalue weighted by atomic mass is 32.2. The summed E-state index contributed by atoms with van der Waals surface area (Å²) in [5.74, 6) is -0.525. The summed E-state index contributed by atoms with van der Waals surface area (Å²) in [6.45, 7) is 1.93. The van der Waals surface area contributed by atoms with Crippen LogP contribution in [0, 0.1) is 0 Å². The van der Waals surface area contributed by atoms with E-state index in [2.05, 4.69) is 0 Å². The maximum Gasteiger partial charge on any atom is 0.264 e. The number of benzene rings is 1. The van der Waals surface area contributed by atoms with Crippen molar-refractivity contribution >= 4 is 15.9 Å². The lowest BCUT2D eigenvalue weighted by Crippen LogP contribution is -2.29. The predicted molar refractivity (Wildman–Crippen MR) is 60.0 cm³/mol. The van der Waals surface area contributed by atoms with E-state index in [1.54, 1.807) is 19.1 Å². The average Bonchev–Trinajstić information content (AvgIpc) is 2.28. The van der Waals surface area contributed by atoms with Crippen LogP contribution in [0.5, 0.6) is 0 Å². The lowest BCUT2D eigenvalue weighted by atomic mass is 10.2. The molecule has 1 amide bonds. The van der Waals surface area contributed by atoms with Gasteiger partial charge in [0.1, 0.15) is 0 Å². The Kier molecular flexibility index (Phi) is 4.03. The fourth-order valence-corrected chi connectivity index (χ4v) is 2.14. The van der Waals surface area contributed by atoms with Gasteiger partial charge in [0, 0.05) is 13.0 Å². The number of hydrogen-bond donors (Lipinski definition) is 2. The molecule has 16 heavy (non-hydrogen) atoms. The van der Waals surface area contributed by atoms with Crippen LogP contribution in [0.4, 0.5) is 0 Å². The molecule has 0 saturated carbocycles. The van der Waals surface area contributed by atoms with Crippen molar-refractivity contribution in [3.8, 4) is 0 Å². The van der Waals surface area contributed by atoms with Gasteiger partial charge in [-0.15, -0.1) is 0 Å². The molecule has 0 spiro atoms. The smallest absolute Gasteiger partial charge is 0.264 e. The van der Waals surface area contributed by atoms with Crippen molar-refractivity contribution in [1.29, 1.82) is 0 Å². The summed E-state index contributed by atoms with van der Waals surface area (Å²) in [7, 11) is -3.74. The molecule has 88 valence electrons. The molecule has 0 aliphatic rings. The van der Waals surface area contributed by atoms with Crippen molar-refractivity contribution in [2.45, 2.75) is 24.8 Å². The van der Waals surface area contributed by atoms with E-state index in [1.165, 1.54) is 12.1 Å². The zero-order valence-corrected chi connectivity index (χ0v) is 9.75. The summed E-state index contributed by atoms with van der Waals surface area (Å²) >= 11 is 0. The average molecular weight is 242 g/mol. The van der Waals surface area contributed by atoms with E-state index < -0.39 is 15.9 Å². The van der Waals surface area contributed by atoms with Gasteiger partial charge in [-0.1, -0.05) is 19.1 Å². The third-order valence-corrected chi connectivity index (χ3v) is 3.43. The summed E-state index contributed by atoms with van der Waals surface area (Å²) in [5.41, 5.74) is 6.23. The van der Waals surface area contributed by atoms with Crippen LogP contribution in [0.1, 0.15) is 18.9 Å². The number of nitrogens with two attached hydrogens (primary N) is 1. The molecule has 0 aliphatic carbocycles. The monoisotopic (exact) mass is 242 g/mol. The van der Waals surface area contributed by atoms with Crippen molar-refractivity contribution in [3.63, 3.8) is 0 Å². The first-order valence-corrected chi connectivity index (χ1v) is 6.32. The molecule has 6 heteroatoms. The van der Waals surface area contributed by atoms with E-state index >= 15 is 0 Å². The Labute approximate surface area is 94.7 Å². The van der Waals surface area contributed by atoms with E-state index in [1.807, 2.05) is 4.72 Å². The minimum Gasteiger partial charge on any atom is -0.326 e. The molecule has 5 nitrogen and oxygen atoms in total. The Hall–Kier alpha value is -1.40. The molecule has 0 aromatic heterocycles. The molecule has 0 fully saturated rings. The first kappa shape index (κ1) is 12.7. The lowest BCUT2D eigenvalue weighted by Gasteiger charge is -2.06. The van der Waals surface area contributed by atoms with Crippen LogP contribution >= 0.6 is 0 Å². The van der Waals surface area contributed by atoms with Gasteiger partial charge >= 0.3 is 0 Å². The SMILES string of the molecule is CCC(=O)NS(=O)(=O)c1ccc(CN)cc1. The number of carbonyl (C=O) groups excluding carboxylic acids is 1. The Morgan fingerprint density at radius 3 is 2.31 bits per heavy atom. The second-order valence-electron chi connectivity index (χ2n) is 3.23. The van der Waals surface area contributed by atoms with Gasteiger partial charge in [-0.05, 0) is 17.7 Å². The van der Waals surface area contributed by atoms with E-state index in [0.717, 1.165) is 5.56 Å². The fraction of sp³-hybridized carbons (Fsp3) is 0.300. The third-order valence-electron chi connectivity index (χ3n) is 2.04. The van der Waals surface area contributed by atoms with E-state index in [0.29, 0.717) is 6.54 Å². The Morgan fingerprint density at radius 2 is 1.88 bits per heavy atom. The second kappa shape index (κ2) is 5.09. The highest BCUT2D eigenvalue weighted by Gasteiger charge is 2.15. The van der Waals surface area contributed by atoms with Crippen LogP contribution in [0.2, 0.25) is 0 Å². The van der Waals surface area contributed by atoms with E-state index in [9.17, 15) is 13.2 Å². The standard InChI is InChI=1S/C10H14N2O3S/c1-2-10(13)12-16(14,15)9-5-3-8(7-11)4-6-9/h3-6H,2,7,11H2,1H3,(H,12,13). The molecule has 1 aromatic carbocycles. The summed E-state index contributed by atoms with van der Waals surface area (Å²) in [4.78, 5) is 11.1. The quantitative estimate of drug-likeness (QED) is 0.797. The topological polar surface area (TPSA) is 89.3 Å². The van der Waals surface area contributed by atoms with Gasteiger partial charge in [0.05, 0.1) is 4.90 Å². The summed E-state index contributed by atoms with van der Waals surface area (Å²) < 4.78 is 25.2. The Balaban J connectivity index is 2.94. The van der Waals surface area contributed by atoms with Gasteiger partial charge in [0.15, 0.2) is 0 Å². The number of nitrogens with one attached hydrogen (secondary N) is 1. The van der Waals surface area contributed by atoms with Crippen LogP contribution in [0.3, 0.4) is 0 Å². The normalized spacial score (nSPS) is 11.1. The molecule has 0 heterocycles. The fourth-order valence-electron chi connectivity index (χ4n) is 1.09. The summed E-state index contributed by atoms with van der Waals surface area (Å²) in [5, 5.41) is 0. The number of amides is 1. The lowest BCUT2D eigenvalue weighted by molar-refractivity contribution is -0.119. The highest BCUT2D eigenvalue weighted by molar-refractivity contribution is 7.90. The van der Waals surface area contributed by atoms with Gasteiger partial charge in [-0.2, -0.15) is 0 Å². The minimum absolute atomic E-state index is 0.0616. The minimum atomic E-state index is -3.74. The van der Waals surface area contributed by atoms with Gasteiger partial charge < -0.3 is 5.73 Å². The van der Waals surface area contributed by atoms with Gasteiger partial charge in [0.2, 0.25) is 5.91 Å². The predicted octanol–water partition coefficient (Wildman–Crippen LogP) is 0.360. The Bertz CT molecular complexity index is 465. The number of rotatable bonds is 4. The molecule has 0 atom stereocenters. The molecular formula is C10H14N2O3S. The first-order valence-electron chi connectivity index (χ1n) is 4.84. The molecule has 0 unspecified atom stereocenters. The van der Waals surface area contributed by atoms with Crippen molar-refractivity contribution in [1.82, 2.24) is 4.72 Å². The summed E-state index contributed by atoms with van der Waals surface area (Å²) in [6, 6.07) is 6.08. The Morgan fingerprint density at radius 1 is 1.31 bits per heavy atom. The first-order chi connectivity index (χ1) is 7.49. The van der Waals surface area contributed by atoms with Gasteiger partial charge in [-0.25, -0.2) is 13.1 Å². The zero-order valence-electron chi connectivity index (χ0n) is 8.93. The second-order valence-corrected chi connectivity index (χ2v) is 4.91. The molecule has 0 saturated heterocycles. The van der Waals surface area contributed by atoms with E-state index in [4.69, 9.17) is 5.73 Å². The van der Waals surface area contributed by atoms with Crippen molar-refractivity contribution < 1.29 is 13.2 Å². The highest BCUT2D eigenvalue weighted by Crippen LogP contribution is 2.10. The number of hydrogen-bond acceptors (Lipinski definition) is 4. The molecule has 0 aliphatic heterocycles. The maximum atomic E-state index is 11.6. The number of carbonyl (C=O) groups is 1. The third kappa shape index (κ3) is 3.04. The van der Waals surface area contributed by atoms with Crippen molar-refractivity contribution in [2.75, 3.05) is 0 Å². The molecule has 3 N–H and O–H groups in total. The van der Waals surface area contributed by atoms with Crippen LogP contribution in [0.15, 0.2) is 29.2 Å². The molecule has 1 aromatic rings. The molecule has 0 radical (unpaired) electrons. The van der Waals surface area contributed by atoms with Gasteiger partial charge in [-0.3, -0.25) is 4.79 Å².